The van der Waals surface area contributed by atoms with Gasteiger partial charge in [0.05, 0.1) is 7.11 Å². The van der Waals surface area contributed by atoms with Crippen molar-refractivity contribution in [2.75, 3.05) is 13.7 Å². The number of rotatable bonds is 4. The van der Waals surface area contributed by atoms with Crippen molar-refractivity contribution in [3.63, 3.8) is 0 Å². The van der Waals surface area contributed by atoms with Crippen LogP contribution >= 0.6 is 0 Å². The highest BCUT2D eigenvalue weighted by Crippen LogP contribution is 2.01. The van der Waals surface area contributed by atoms with Gasteiger partial charge in [0.2, 0.25) is 5.91 Å². The van der Waals surface area contributed by atoms with Gasteiger partial charge in [0, 0.05) is 6.54 Å². The lowest BCUT2D eigenvalue weighted by atomic mass is 10.0. The van der Waals surface area contributed by atoms with Crippen LogP contribution in [0.2, 0.25) is 0 Å². The second kappa shape index (κ2) is 6.23. The molecule has 0 aromatic heterocycles. The van der Waals surface area contributed by atoms with Crippen LogP contribution in [0, 0.1) is 5.92 Å². The summed E-state index contributed by atoms with van der Waals surface area (Å²) in [4.78, 5) is 22.4. The number of carbonyl (C=O) groups excluding carboxylic acids is 2. The Balaban J connectivity index is 4.29. The van der Waals surface area contributed by atoms with Crippen molar-refractivity contribution in [2.45, 2.75) is 26.8 Å². The molecule has 0 spiro atoms. The van der Waals surface area contributed by atoms with E-state index < -0.39 is 12.1 Å². The van der Waals surface area contributed by atoms with E-state index in [-0.39, 0.29) is 11.8 Å². The first-order valence-electron chi connectivity index (χ1n) is 4.65. The molecule has 0 aliphatic rings. The van der Waals surface area contributed by atoms with Gasteiger partial charge in [-0.3, -0.25) is 4.79 Å². The number of nitrogens with one attached hydrogen (secondary N) is 2. The molecule has 0 aliphatic heterocycles. The Bertz CT molecular complexity index is 204. The van der Waals surface area contributed by atoms with Gasteiger partial charge in [-0.2, -0.15) is 0 Å². The molecule has 2 N–H and O–H groups in total. The second-order valence-electron chi connectivity index (χ2n) is 3.25. The predicted octanol–water partition coefficient (Wildman–Crippen LogP) is 0.503. The number of likely N-dealkylation sites (N-methyl/N-ethyl adjacent to an activating group) is 1. The van der Waals surface area contributed by atoms with Gasteiger partial charge in [-0.15, -0.1) is 0 Å². The molecule has 5 heteroatoms. The molecule has 0 saturated heterocycles. The SMILES string of the molecule is CCNC(=O)C(NC(=O)OC)C(C)C. The van der Waals surface area contributed by atoms with Crippen molar-refractivity contribution < 1.29 is 14.3 Å². The van der Waals surface area contributed by atoms with Crippen LogP contribution in [0.15, 0.2) is 0 Å². The van der Waals surface area contributed by atoms with E-state index in [9.17, 15) is 9.59 Å². The molecule has 0 heterocycles. The molecule has 5 nitrogen and oxygen atoms in total. The molecule has 0 aromatic rings. The maximum atomic E-state index is 11.5. The van der Waals surface area contributed by atoms with E-state index >= 15 is 0 Å². The minimum Gasteiger partial charge on any atom is -0.453 e. The van der Waals surface area contributed by atoms with Crippen molar-refractivity contribution in [1.29, 1.82) is 0 Å². The summed E-state index contributed by atoms with van der Waals surface area (Å²) in [5.74, 6) is -0.159. The van der Waals surface area contributed by atoms with Crippen LogP contribution < -0.4 is 10.6 Å². The molecule has 0 bridgehead atoms. The third-order valence-electron chi connectivity index (χ3n) is 1.76. The lowest BCUT2D eigenvalue weighted by molar-refractivity contribution is -0.123. The third kappa shape index (κ3) is 4.11. The maximum absolute atomic E-state index is 11.5. The number of amides is 2. The molecule has 0 radical (unpaired) electrons. The zero-order valence-corrected chi connectivity index (χ0v) is 9.09. The first-order chi connectivity index (χ1) is 6.52. The fourth-order valence-corrected chi connectivity index (χ4v) is 1.01. The zero-order valence-electron chi connectivity index (χ0n) is 9.09. The number of alkyl carbamates (subject to hydrolysis) is 1. The van der Waals surface area contributed by atoms with Crippen LogP contribution in [0.25, 0.3) is 0 Å². The van der Waals surface area contributed by atoms with Gasteiger partial charge in [-0.05, 0) is 12.8 Å². The molecule has 0 aliphatic carbocycles. The number of methoxy groups -OCH3 is 1. The van der Waals surface area contributed by atoms with Gasteiger partial charge in [0.1, 0.15) is 6.04 Å². The van der Waals surface area contributed by atoms with Crippen LogP contribution in [0.3, 0.4) is 0 Å². The lowest BCUT2D eigenvalue weighted by Crippen LogP contribution is -2.49. The molecule has 0 fully saturated rings. The second-order valence-corrected chi connectivity index (χ2v) is 3.25. The molecule has 14 heavy (non-hydrogen) atoms. The summed E-state index contributed by atoms with van der Waals surface area (Å²) >= 11 is 0. The van der Waals surface area contributed by atoms with Gasteiger partial charge < -0.3 is 15.4 Å². The van der Waals surface area contributed by atoms with E-state index in [0.717, 1.165) is 0 Å². The Kier molecular flexibility index (Phi) is 5.67. The fraction of sp³-hybridized carbons (Fsp3) is 0.778. The summed E-state index contributed by atoms with van der Waals surface area (Å²) < 4.78 is 4.43. The molecule has 1 unspecified atom stereocenters. The summed E-state index contributed by atoms with van der Waals surface area (Å²) in [7, 11) is 1.27. The first-order valence-corrected chi connectivity index (χ1v) is 4.65. The number of ether oxygens (including phenoxy) is 1. The summed E-state index contributed by atoms with van der Waals surface area (Å²) in [6.45, 7) is 6.09. The van der Waals surface area contributed by atoms with Crippen LogP contribution in [0.5, 0.6) is 0 Å². The third-order valence-corrected chi connectivity index (χ3v) is 1.76. The maximum Gasteiger partial charge on any atom is 0.407 e. The van der Waals surface area contributed by atoms with Crippen molar-refractivity contribution in [3.8, 4) is 0 Å². The van der Waals surface area contributed by atoms with E-state index in [1.54, 1.807) is 0 Å². The Morgan fingerprint density at radius 1 is 1.36 bits per heavy atom. The minimum atomic E-state index is -0.588. The molecule has 82 valence electrons. The van der Waals surface area contributed by atoms with Crippen molar-refractivity contribution in [3.05, 3.63) is 0 Å². The summed E-state index contributed by atoms with van der Waals surface area (Å²) in [5.41, 5.74) is 0. The zero-order chi connectivity index (χ0) is 11.1. The van der Waals surface area contributed by atoms with Gasteiger partial charge in [0.25, 0.3) is 0 Å². The standard InChI is InChI=1S/C9H18N2O3/c1-5-10-8(12)7(6(2)3)11-9(13)14-4/h6-7H,5H2,1-4H3,(H,10,12)(H,11,13). The average Bonchev–Trinajstić information content (AvgIpc) is 2.13. The fourth-order valence-electron chi connectivity index (χ4n) is 1.01. The topological polar surface area (TPSA) is 67.4 Å². The van der Waals surface area contributed by atoms with E-state index in [1.807, 2.05) is 20.8 Å². The van der Waals surface area contributed by atoms with Gasteiger partial charge in [0.15, 0.2) is 0 Å². The quantitative estimate of drug-likeness (QED) is 0.697. The van der Waals surface area contributed by atoms with Gasteiger partial charge in [-0.25, -0.2) is 4.79 Å². The molecular formula is C9H18N2O3. The van der Waals surface area contributed by atoms with E-state index in [2.05, 4.69) is 15.4 Å². The van der Waals surface area contributed by atoms with Crippen LogP contribution in [0.4, 0.5) is 4.79 Å². The Labute approximate surface area is 84.2 Å². The largest absolute Gasteiger partial charge is 0.453 e. The van der Waals surface area contributed by atoms with Crippen molar-refractivity contribution >= 4 is 12.0 Å². The summed E-state index contributed by atoms with van der Waals surface area (Å²) in [5, 5.41) is 5.12. The van der Waals surface area contributed by atoms with Gasteiger partial charge in [-0.1, -0.05) is 13.8 Å². The summed E-state index contributed by atoms with van der Waals surface area (Å²) in [6, 6.07) is -0.539. The van der Waals surface area contributed by atoms with E-state index in [1.165, 1.54) is 7.11 Å². The molecule has 2 amide bonds. The highest BCUT2D eigenvalue weighted by molar-refractivity contribution is 5.85. The number of carbonyl (C=O) groups is 2. The highest BCUT2D eigenvalue weighted by atomic mass is 16.5. The molecular weight excluding hydrogens is 184 g/mol. The first kappa shape index (κ1) is 12.7. The van der Waals surface area contributed by atoms with Crippen molar-refractivity contribution in [1.82, 2.24) is 10.6 Å². The molecule has 0 saturated carbocycles. The monoisotopic (exact) mass is 202 g/mol. The average molecular weight is 202 g/mol. The predicted molar refractivity (Wildman–Crippen MR) is 52.9 cm³/mol. The Morgan fingerprint density at radius 3 is 2.29 bits per heavy atom. The van der Waals surface area contributed by atoms with Crippen LogP contribution in [-0.2, 0) is 9.53 Å². The molecule has 0 aromatic carbocycles. The number of hydrogen-bond donors (Lipinski definition) is 2. The highest BCUT2D eigenvalue weighted by Gasteiger charge is 2.23. The summed E-state index contributed by atoms with van der Waals surface area (Å²) in [6.07, 6.45) is -0.588. The van der Waals surface area contributed by atoms with Crippen LogP contribution in [0.1, 0.15) is 20.8 Å². The number of hydrogen-bond acceptors (Lipinski definition) is 3. The molecule has 0 rings (SSSR count). The van der Waals surface area contributed by atoms with E-state index in [4.69, 9.17) is 0 Å². The normalized spacial score (nSPS) is 12.1. The molecule has 1 atom stereocenters. The van der Waals surface area contributed by atoms with Crippen LogP contribution in [-0.4, -0.2) is 31.7 Å². The Morgan fingerprint density at radius 2 is 1.93 bits per heavy atom. The minimum absolute atomic E-state index is 0.0284. The lowest BCUT2D eigenvalue weighted by Gasteiger charge is -2.20. The smallest absolute Gasteiger partial charge is 0.407 e. The van der Waals surface area contributed by atoms with Crippen molar-refractivity contribution in [2.24, 2.45) is 5.92 Å². The van der Waals surface area contributed by atoms with Gasteiger partial charge >= 0.3 is 6.09 Å². The van der Waals surface area contributed by atoms with E-state index in [0.29, 0.717) is 6.54 Å². The Hall–Kier alpha value is -1.26.